The Labute approximate surface area is 110 Å². The maximum atomic E-state index is 10.2. The van der Waals surface area contributed by atoms with Gasteiger partial charge >= 0.3 is 0 Å². The molecular weight excluding hydrogens is 230 g/mol. The Bertz CT molecular complexity index is 270. The number of nitrogens with zero attached hydrogens (tertiary/aromatic N) is 1. The van der Waals surface area contributed by atoms with E-state index < -0.39 is 0 Å². The maximum Gasteiger partial charge on any atom is 0.0961 e. The molecule has 0 bridgehead atoms. The molecule has 3 unspecified atom stereocenters. The number of hydrogen-bond acceptors (Lipinski definition) is 4. The fraction of sp³-hybridized carbons (Fsp3) is 1.00. The molecule has 3 atom stereocenters. The molecule has 4 heteroatoms. The monoisotopic (exact) mass is 257 g/mol. The van der Waals surface area contributed by atoms with Gasteiger partial charge in [0.1, 0.15) is 0 Å². The highest BCUT2D eigenvalue weighted by Gasteiger charge is 2.35. The Morgan fingerprint density at radius 2 is 2.28 bits per heavy atom. The molecule has 106 valence electrons. The van der Waals surface area contributed by atoms with Crippen molar-refractivity contribution in [1.29, 1.82) is 0 Å². The third-order valence-corrected chi connectivity index (χ3v) is 4.44. The molecule has 0 aromatic rings. The smallest absolute Gasteiger partial charge is 0.0961 e. The Balaban J connectivity index is 1.77. The highest BCUT2D eigenvalue weighted by Crippen LogP contribution is 2.26. The molecule has 2 rings (SSSR count). The lowest BCUT2D eigenvalue weighted by atomic mass is 9.97. The van der Waals surface area contributed by atoms with Crippen LogP contribution in [0.2, 0.25) is 0 Å². The summed E-state index contributed by atoms with van der Waals surface area (Å²) in [6, 6.07) is 0.601. The normalized spacial score (nSPS) is 31.3. The van der Waals surface area contributed by atoms with Crippen LogP contribution >= 0.6 is 0 Å². The van der Waals surface area contributed by atoms with Gasteiger partial charge < -0.3 is 14.6 Å². The van der Waals surface area contributed by atoms with Gasteiger partial charge in [-0.25, -0.2) is 0 Å². The average Bonchev–Trinajstić information content (AvgIpc) is 2.83. The van der Waals surface area contributed by atoms with Crippen LogP contribution in [0.4, 0.5) is 0 Å². The predicted octanol–water partition coefficient (Wildman–Crippen LogP) is 1.42. The van der Waals surface area contributed by atoms with Gasteiger partial charge in [-0.2, -0.15) is 0 Å². The molecule has 1 N–H and O–H groups in total. The van der Waals surface area contributed by atoms with Crippen molar-refractivity contribution in [3.63, 3.8) is 0 Å². The van der Waals surface area contributed by atoms with E-state index in [1.165, 1.54) is 19.4 Å². The minimum atomic E-state index is -0.374. The van der Waals surface area contributed by atoms with Gasteiger partial charge in [-0.3, -0.25) is 4.90 Å². The molecule has 2 fully saturated rings. The molecule has 0 spiro atoms. The van der Waals surface area contributed by atoms with Crippen molar-refractivity contribution < 1.29 is 14.6 Å². The van der Waals surface area contributed by atoms with Gasteiger partial charge in [0, 0.05) is 19.7 Å². The van der Waals surface area contributed by atoms with Crippen molar-refractivity contribution in [1.82, 2.24) is 4.90 Å². The van der Waals surface area contributed by atoms with E-state index in [2.05, 4.69) is 18.7 Å². The van der Waals surface area contributed by atoms with Crippen LogP contribution in [0, 0.1) is 0 Å². The topological polar surface area (TPSA) is 41.9 Å². The Morgan fingerprint density at radius 3 is 3.00 bits per heavy atom. The van der Waals surface area contributed by atoms with Crippen LogP contribution < -0.4 is 0 Å². The first kappa shape index (κ1) is 14.3. The molecule has 0 saturated carbocycles. The van der Waals surface area contributed by atoms with Crippen molar-refractivity contribution in [3.05, 3.63) is 0 Å². The van der Waals surface area contributed by atoms with E-state index >= 15 is 0 Å². The molecule has 2 saturated heterocycles. The minimum absolute atomic E-state index is 0.0213. The first-order chi connectivity index (χ1) is 8.52. The second-order valence-corrected chi connectivity index (χ2v) is 6.23. The molecule has 2 aliphatic rings. The molecule has 2 heterocycles. The summed E-state index contributed by atoms with van der Waals surface area (Å²) < 4.78 is 11.2. The second kappa shape index (κ2) is 5.87. The number of rotatable bonds is 5. The van der Waals surface area contributed by atoms with Crippen molar-refractivity contribution in [3.8, 4) is 0 Å². The maximum absolute atomic E-state index is 10.2. The van der Waals surface area contributed by atoms with E-state index in [1.807, 2.05) is 0 Å². The summed E-state index contributed by atoms with van der Waals surface area (Å²) in [7, 11) is 1.72. The van der Waals surface area contributed by atoms with E-state index in [1.54, 1.807) is 7.11 Å². The SMILES string of the molecule is COC(C)(C)CCC(O)C1CN2CCCC2CO1. The summed E-state index contributed by atoms with van der Waals surface area (Å²) in [6.07, 6.45) is 3.72. The molecule has 4 nitrogen and oxygen atoms in total. The standard InChI is InChI=1S/C14H27NO3/c1-14(2,17-3)7-6-12(16)13-9-15-8-4-5-11(15)10-18-13/h11-13,16H,4-10H2,1-3H3. The zero-order valence-electron chi connectivity index (χ0n) is 11.9. The third kappa shape index (κ3) is 3.44. The Hall–Kier alpha value is -0.160. The number of morpholine rings is 1. The van der Waals surface area contributed by atoms with Crippen LogP contribution in [-0.2, 0) is 9.47 Å². The van der Waals surface area contributed by atoms with Crippen molar-refractivity contribution >= 4 is 0 Å². The van der Waals surface area contributed by atoms with E-state index in [9.17, 15) is 5.11 Å². The van der Waals surface area contributed by atoms with Gasteiger partial charge in [0.2, 0.25) is 0 Å². The zero-order chi connectivity index (χ0) is 13.2. The third-order valence-electron chi connectivity index (χ3n) is 4.44. The Kier molecular flexibility index (Phi) is 4.64. The summed E-state index contributed by atoms with van der Waals surface area (Å²) in [4.78, 5) is 2.47. The van der Waals surface area contributed by atoms with Crippen LogP contribution in [0.5, 0.6) is 0 Å². The van der Waals surface area contributed by atoms with E-state index in [-0.39, 0.29) is 17.8 Å². The largest absolute Gasteiger partial charge is 0.390 e. The van der Waals surface area contributed by atoms with E-state index in [0.29, 0.717) is 6.04 Å². The minimum Gasteiger partial charge on any atom is -0.390 e. The molecule has 0 aromatic carbocycles. The number of methoxy groups -OCH3 is 1. The Morgan fingerprint density at radius 1 is 1.50 bits per heavy atom. The summed E-state index contributed by atoms with van der Waals surface area (Å²) in [5.74, 6) is 0. The van der Waals surface area contributed by atoms with Gasteiger partial charge in [0.25, 0.3) is 0 Å². The number of fused-ring (bicyclic) bond motifs is 1. The van der Waals surface area contributed by atoms with Crippen molar-refractivity contribution in [2.24, 2.45) is 0 Å². The molecule has 18 heavy (non-hydrogen) atoms. The highest BCUT2D eigenvalue weighted by molar-refractivity contribution is 4.88. The molecule has 0 aliphatic carbocycles. The first-order valence-electron chi connectivity index (χ1n) is 7.11. The van der Waals surface area contributed by atoms with Crippen LogP contribution in [0.3, 0.4) is 0 Å². The number of ether oxygens (including phenoxy) is 2. The quantitative estimate of drug-likeness (QED) is 0.809. The van der Waals surface area contributed by atoms with Crippen molar-refractivity contribution in [2.75, 3.05) is 26.8 Å². The number of aliphatic hydroxyl groups excluding tert-OH is 1. The average molecular weight is 257 g/mol. The van der Waals surface area contributed by atoms with Gasteiger partial charge in [0.15, 0.2) is 0 Å². The lowest BCUT2D eigenvalue weighted by molar-refractivity contribution is -0.109. The van der Waals surface area contributed by atoms with Crippen LogP contribution in [0.1, 0.15) is 39.5 Å². The number of aliphatic hydroxyl groups is 1. The molecule has 2 aliphatic heterocycles. The van der Waals surface area contributed by atoms with Gasteiger partial charge in [0.05, 0.1) is 24.4 Å². The zero-order valence-corrected chi connectivity index (χ0v) is 11.9. The van der Waals surface area contributed by atoms with E-state index in [0.717, 1.165) is 26.0 Å². The highest BCUT2D eigenvalue weighted by atomic mass is 16.5. The van der Waals surface area contributed by atoms with Gasteiger partial charge in [-0.05, 0) is 46.1 Å². The molecule has 0 aromatic heterocycles. The summed E-state index contributed by atoms with van der Waals surface area (Å²) >= 11 is 0. The fourth-order valence-corrected chi connectivity index (χ4v) is 2.86. The molecule has 0 radical (unpaired) electrons. The molecular formula is C14H27NO3. The van der Waals surface area contributed by atoms with E-state index in [4.69, 9.17) is 9.47 Å². The van der Waals surface area contributed by atoms with Crippen molar-refractivity contribution in [2.45, 2.75) is 63.4 Å². The summed E-state index contributed by atoms with van der Waals surface area (Å²) in [5.41, 5.74) is -0.161. The number of hydrogen-bond donors (Lipinski definition) is 1. The lowest BCUT2D eigenvalue weighted by Gasteiger charge is -2.37. The second-order valence-electron chi connectivity index (χ2n) is 6.23. The van der Waals surface area contributed by atoms with Crippen LogP contribution in [0.15, 0.2) is 0 Å². The van der Waals surface area contributed by atoms with Crippen LogP contribution in [0.25, 0.3) is 0 Å². The summed E-state index contributed by atoms with van der Waals surface area (Å²) in [6.45, 7) is 6.95. The summed E-state index contributed by atoms with van der Waals surface area (Å²) in [5, 5.41) is 10.2. The van der Waals surface area contributed by atoms with Gasteiger partial charge in [-0.15, -0.1) is 0 Å². The van der Waals surface area contributed by atoms with Crippen LogP contribution in [-0.4, -0.2) is 60.7 Å². The first-order valence-corrected chi connectivity index (χ1v) is 7.11. The fourth-order valence-electron chi connectivity index (χ4n) is 2.86. The van der Waals surface area contributed by atoms with Gasteiger partial charge in [-0.1, -0.05) is 0 Å². The molecule has 0 amide bonds. The lowest BCUT2D eigenvalue weighted by Crippen LogP contribution is -2.50. The predicted molar refractivity (Wildman–Crippen MR) is 70.7 cm³/mol.